The van der Waals surface area contributed by atoms with Gasteiger partial charge in [0.1, 0.15) is 30.3 Å². The van der Waals surface area contributed by atoms with Crippen molar-refractivity contribution >= 4 is 17.2 Å². The fourth-order valence-electron chi connectivity index (χ4n) is 4.74. The van der Waals surface area contributed by atoms with E-state index in [1.54, 1.807) is 0 Å². The number of nitrogens with one attached hydrogen (secondary N) is 1. The van der Waals surface area contributed by atoms with Crippen LogP contribution in [0.2, 0.25) is 0 Å². The molecule has 1 N–H and O–H groups in total. The van der Waals surface area contributed by atoms with Crippen LogP contribution in [0.4, 0.5) is 4.79 Å². The highest BCUT2D eigenvalue weighted by Gasteiger charge is 2.16. The SMILES string of the molecule is CC/C(=C(/c1ccc(OCCNC(=O)OC(C)(C)C)cc1)c1ccc(OCc2ccccc2)cc1)c1ccccc1C. The lowest BCUT2D eigenvalue weighted by Gasteiger charge is -2.20. The second-order valence-electron chi connectivity index (χ2n) is 11.1. The Labute approximate surface area is 250 Å². The van der Waals surface area contributed by atoms with Crippen molar-refractivity contribution in [3.63, 3.8) is 0 Å². The molecule has 1 amide bonds. The van der Waals surface area contributed by atoms with E-state index in [0.717, 1.165) is 34.6 Å². The number of amides is 1. The van der Waals surface area contributed by atoms with Crippen molar-refractivity contribution < 1.29 is 19.0 Å². The van der Waals surface area contributed by atoms with Crippen molar-refractivity contribution in [2.45, 2.75) is 53.2 Å². The van der Waals surface area contributed by atoms with E-state index in [0.29, 0.717) is 19.8 Å². The molecule has 4 aromatic carbocycles. The second kappa shape index (κ2) is 14.4. The summed E-state index contributed by atoms with van der Waals surface area (Å²) in [4.78, 5) is 11.9. The Bertz CT molecular complexity index is 1470. The van der Waals surface area contributed by atoms with Gasteiger partial charge in [0.2, 0.25) is 0 Å². The maximum absolute atomic E-state index is 11.9. The first kappa shape index (κ1) is 30.4. The molecule has 0 fully saturated rings. The monoisotopic (exact) mass is 563 g/mol. The molecular weight excluding hydrogens is 522 g/mol. The number of allylic oxidation sites excluding steroid dienone is 1. The topological polar surface area (TPSA) is 56.8 Å². The molecule has 5 heteroatoms. The summed E-state index contributed by atoms with van der Waals surface area (Å²) >= 11 is 0. The lowest BCUT2D eigenvalue weighted by molar-refractivity contribution is 0.0520. The van der Waals surface area contributed by atoms with Crippen LogP contribution in [0.3, 0.4) is 0 Å². The van der Waals surface area contributed by atoms with Crippen LogP contribution >= 0.6 is 0 Å². The molecule has 0 bridgehead atoms. The predicted octanol–water partition coefficient (Wildman–Crippen LogP) is 8.85. The van der Waals surface area contributed by atoms with Crippen molar-refractivity contribution in [3.05, 3.63) is 131 Å². The molecule has 5 nitrogen and oxygen atoms in total. The third-order valence-electron chi connectivity index (χ3n) is 6.70. The number of aryl methyl sites for hydroxylation is 1. The molecule has 0 aliphatic carbocycles. The zero-order valence-corrected chi connectivity index (χ0v) is 25.3. The molecule has 4 aromatic rings. The van der Waals surface area contributed by atoms with E-state index >= 15 is 0 Å². The van der Waals surface area contributed by atoms with Crippen LogP contribution in [-0.4, -0.2) is 24.8 Å². The van der Waals surface area contributed by atoms with Gasteiger partial charge in [-0.15, -0.1) is 0 Å². The Hall–Kier alpha value is -4.51. The van der Waals surface area contributed by atoms with Crippen LogP contribution in [-0.2, 0) is 11.3 Å². The Balaban J connectivity index is 1.55. The molecule has 0 aliphatic heterocycles. The number of ether oxygens (including phenoxy) is 3. The smallest absolute Gasteiger partial charge is 0.407 e. The molecule has 42 heavy (non-hydrogen) atoms. The van der Waals surface area contributed by atoms with Gasteiger partial charge in [-0.25, -0.2) is 4.79 Å². The standard InChI is InChI=1S/C37H41NO4/c1-6-33(34-15-11-10-12-27(34)2)35(30-18-22-32(23-19-30)41-26-28-13-8-7-9-14-28)29-16-20-31(21-17-29)40-25-24-38-36(39)42-37(3,4)5/h7-23H,6,24-26H2,1-5H3,(H,38,39)/b35-33+. The Morgan fingerprint density at radius 3 is 1.88 bits per heavy atom. The fourth-order valence-corrected chi connectivity index (χ4v) is 4.74. The highest BCUT2D eigenvalue weighted by Crippen LogP contribution is 2.36. The number of benzene rings is 4. The van der Waals surface area contributed by atoms with Gasteiger partial charge in [-0.05, 0) is 97.3 Å². The lowest BCUT2D eigenvalue weighted by atomic mass is 9.86. The Morgan fingerprint density at radius 1 is 0.738 bits per heavy atom. The van der Waals surface area contributed by atoms with Gasteiger partial charge in [0, 0.05) is 0 Å². The Morgan fingerprint density at radius 2 is 1.31 bits per heavy atom. The van der Waals surface area contributed by atoms with Crippen molar-refractivity contribution in [1.82, 2.24) is 5.32 Å². The van der Waals surface area contributed by atoms with Gasteiger partial charge in [-0.2, -0.15) is 0 Å². The minimum Gasteiger partial charge on any atom is -0.492 e. The molecule has 0 heterocycles. The van der Waals surface area contributed by atoms with Gasteiger partial charge < -0.3 is 19.5 Å². The molecule has 0 aromatic heterocycles. The molecule has 0 unspecified atom stereocenters. The number of carbonyl (C=O) groups is 1. The minimum atomic E-state index is -0.531. The van der Waals surface area contributed by atoms with Crippen LogP contribution in [0, 0.1) is 6.92 Å². The van der Waals surface area contributed by atoms with Crippen LogP contribution in [0.15, 0.2) is 103 Å². The zero-order valence-electron chi connectivity index (χ0n) is 25.3. The number of rotatable bonds is 11. The molecule has 0 radical (unpaired) electrons. The number of carbonyl (C=O) groups excluding carboxylic acids is 1. The second-order valence-corrected chi connectivity index (χ2v) is 11.1. The van der Waals surface area contributed by atoms with E-state index in [-0.39, 0.29) is 0 Å². The first-order valence-electron chi connectivity index (χ1n) is 14.5. The molecule has 0 aliphatic rings. The minimum absolute atomic E-state index is 0.342. The molecule has 0 spiro atoms. The summed E-state index contributed by atoms with van der Waals surface area (Å²) in [6.45, 7) is 11.1. The number of hydrogen-bond donors (Lipinski definition) is 1. The quantitative estimate of drug-likeness (QED) is 0.146. The summed E-state index contributed by atoms with van der Waals surface area (Å²) in [6.07, 6.45) is 0.428. The molecule has 218 valence electrons. The van der Waals surface area contributed by atoms with Crippen molar-refractivity contribution in [1.29, 1.82) is 0 Å². The van der Waals surface area contributed by atoms with Crippen LogP contribution < -0.4 is 14.8 Å². The van der Waals surface area contributed by atoms with E-state index in [4.69, 9.17) is 14.2 Å². The van der Waals surface area contributed by atoms with Crippen molar-refractivity contribution in [2.75, 3.05) is 13.2 Å². The summed E-state index contributed by atoms with van der Waals surface area (Å²) in [6, 6.07) is 35.2. The van der Waals surface area contributed by atoms with E-state index in [1.807, 2.05) is 63.2 Å². The summed E-state index contributed by atoms with van der Waals surface area (Å²) in [5.41, 5.74) is 7.78. The Kier molecular flexibility index (Phi) is 10.4. The predicted molar refractivity (Wildman–Crippen MR) is 171 cm³/mol. The van der Waals surface area contributed by atoms with E-state index in [9.17, 15) is 4.79 Å². The first-order valence-corrected chi connectivity index (χ1v) is 14.5. The van der Waals surface area contributed by atoms with E-state index in [2.05, 4.69) is 79.8 Å². The van der Waals surface area contributed by atoms with Crippen LogP contribution in [0.25, 0.3) is 11.1 Å². The summed E-state index contributed by atoms with van der Waals surface area (Å²) < 4.78 is 17.2. The van der Waals surface area contributed by atoms with Gasteiger partial charge in [0.15, 0.2) is 0 Å². The lowest BCUT2D eigenvalue weighted by Crippen LogP contribution is -2.34. The third kappa shape index (κ3) is 8.74. The maximum Gasteiger partial charge on any atom is 0.407 e. The third-order valence-corrected chi connectivity index (χ3v) is 6.70. The number of hydrogen-bond acceptors (Lipinski definition) is 4. The highest BCUT2D eigenvalue weighted by atomic mass is 16.6. The maximum atomic E-state index is 11.9. The molecule has 0 atom stereocenters. The average molecular weight is 564 g/mol. The van der Waals surface area contributed by atoms with Crippen molar-refractivity contribution in [3.8, 4) is 11.5 Å². The molecular formula is C37H41NO4. The van der Waals surface area contributed by atoms with Gasteiger partial charge in [-0.1, -0.05) is 85.8 Å². The summed E-state index contributed by atoms with van der Waals surface area (Å²) in [7, 11) is 0. The number of alkyl carbamates (subject to hydrolysis) is 1. The van der Waals surface area contributed by atoms with Gasteiger partial charge in [0.25, 0.3) is 0 Å². The molecule has 0 saturated carbocycles. The highest BCUT2D eigenvalue weighted by molar-refractivity contribution is 5.99. The summed E-state index contributed by atoms with van der Waals surface area (Å²) in [5, 5.41) is 2.73. The largest absolute Gasteiger partial charge is 0.492 e. The van der Waals surface area contributed by atoms with Crippen LogP contribution in [0.1, 0.15) is 61.9 Å². The average Bonchev–Trinajstić information content (AvgIpc) is 2.98. The summed E-state index contributed by atoms with van der Waals surface area (Å²) in [5.74, 6) is 1.57. The molecule has 0 saturated heterocycles. The van der Waals surface area contributed by atoms with E-state index < -0.39 is 11.7 Å². The zero-order chi connectivity index (χ0) is 30.0. The van der Waals surface area contributed by atoms with Gasteiger partial charge in [0.05, 0.1) is 6.54 Å². The van der Waals surface area contributed by atoms with Crippen LogP contribution in [0.5, 0.6) is 11.5 Å². The first-order chi connectivity index (χ1) is 20.2. The van der Waals surface area contributed by atoms with Gasteiger partial charge >= 0.3 is 6.09 Å². The van der Waals surface area contributed by atoms with E-state index in [1.165, 1.54) is 22.3 Å². The van der Waals surface area contributed by atoms with Gasteiger partial charge in [-0.3, -0.25) is 0 Å². The molecule has 4 rings (SSSR count). The fraction of sp³-hybridized carbons (Fsp3) is 0.270. The normalized spacial score (nSPS) is 11.8. The van der Waals surface area contributed by atoms with Crippen molar-refractivity contribution in [2.24, 2.45) is 0 Å².